The molecule has 2 aromatic rings. The highest BCUT2D eigenvalue weighted by atomic mass is 32.1. The van der Waals surface area contributed by atoms with Crippen LogP contribution in [0.1, 0.15) is 29.6 Å². The van der Waals surface area contributed by atoms with Crippen LogP contribution < -0.4 is 16.0 Å². The second-order valence-electron chi connectivity index (χ2n) is 6.70. The van der Waals surface area contributed by atoms with E-state index in [1.807, 2.05) is 24.3 Å². The van der Waals surface area contributed by atoms with Crippen LogP contribution in [0, 0.1) is 5.92 Å². The Morgan fingerprint density at radius 1 is 1.24 bits per heavy atom. The van der Waals surface area contributed by atoms with E-state index in [4.69, 9.17) is 0 Å². The molecule has 7 heteroatoms. The lowest BCUT2D eigenvalue weighted by Crippen LogP contribution is -2.44. The summed E-state index contributed by atoms with van der Waals surface area (Å²) in [6.45, 7) is 2.48. The van der Waals surface area contributed by atoms with Crippen molar-refractivity contribution in [2.24, 2.45) is 5.92 Å². The minimum atomic E-state index is -0.0969. The number of piperidine rings is 1. The Morgan fingerprint density at radius 2 is 2.04 bits per heavy atom. The molecule has 1 saturated carbocycles. The van der Waals surface area contributed by atoms with Gasteiger partial charge >= 0.3 is 0 Å². The third-order valence-electron chi connectivity index (χ3n) is 4.87. The molecule has 130 valence electrons. The molecular formula is C18H20N4O2S. The van der Waals surface area contributed by atoms with Crippen LogP contribution >= 0.6 is 11.3 Å². The van der Waals surface area contributed by atoms with Crippen molar-refractivity contribution in [1.29, 1.82) is 0 Å². The Balaban J connectivity index is 1.42. The molecule has 2 amide bonds. The summed E-state index contributed by atoms with van der Waals surface area (Å²) in [6, 6.07) is 8.36. The van der Waals surface area contributed by atoms with E-state index in [0.717, 1.165) is 35.5 Å². The lowest BCUT2D eigenvalue weighted by molar-refractivity contribution is -0.114. The number of fused-ring (bicyclic) bond motifs is 2. The molecule has 3 atom stereocenters. The van der Waals surface area contributed by atoms with E-state index >= 15 is 0 Å². The molecule has 1 aliphatic carbocycles. The normalized spacial score (nSPS) is 24.3. The van der Waals surface area contributed by atoms with Gasteiger partial charge in [0.25, 0.3) is 5.91 Å². The summed E-state index contributed by atoms with van der Waals surface area (Å²) in [5.41, 5.74) is 1.73. The summed E-state index contributed by atoms with van der Waals surface area (Å²) in [4.78, 5) is 28.8. The van der Waals surface area contributed by atoms with Crippen molar-refractivity contribution in [3.05, 3.63) is 35.5 Å². The predicted octanol–water partition coefficient (Wildman–Crippen LogP) is 2.25. The molecule has 1 aromatic heterocycles. The van der Waals surface area contributed by atoms with Crippen molar-refractivity contribution in [2.45, 2.75) is 31.8 Å². The van der Waals surface area contributed by atoms with Crippen LogP contribution in [0.3, 0.4) is 0 Å². The topological polar surface area (TPSA) is 83.1 Å². The van der Waals surface area contributed by atoms with Crippen molar-refractivity contribution >= 4 is 28.8 Å². The summed E-state index contributed by atoms with van der Waals surface area (Å²) in [5, 5.41) is 9.83. The van der Waals surface area contributed by atoms with Crippen LogP contribution in [-0.2, 0) is 4.79 Å². The van der Waals surface area contributed by atoms with E-state index < -0.39 is 0 Å². The van der Waals surface area contributed by atoms with Gasteiger partial charge in [-0.3, -0.25) is 9.59 Å². The summed E-state index contributed by atoms with van der Waals surface area (Å²) in [7, 11) is 0. The van der Waals surface area contributed by atoms with Gasteiger partial charge in [-0.05, 0) is 36.5 Å². The average molecular weight is 356 g/mol. The van der Waals surface area contributed by atoms with Gasteiger partial charge in [-0.15, -0.1) is 11.3 Å². The van der Waals surface area contributed by atoms with E-state index in [1.54, 1.807) is 6.20 Å². The molecule has 1 saturated heterocycles. The van der Waals surface area contributed by atoms with Crippen LogP contribution in [-0.4, -0.2) is 35.4 Å². The quantitative estimate of drug-likeness (QED) is 0.785. The van der Waals surface area contributed by atoms with Crippen LogP contribution in [0.25, 0.3) is 10.4 Å². The number of thiazole rings is 1. The summed E-state index contributed by atoms with van der Waals surface area (Å²) in [6.07, 6.45) is 3.91. The number of hydrogen-bond acceptors (Lipinski definition) is 5. The number of anilines is 1. The zero-order valence-corrected chi connectivity index (χ0v) is 14.7. The third kappa shape index (κ3) is 3.43. The van der Waals surface area contributed by atoms with E-state index in [9.17, 15) is 9.59 Å². The number of nitrogens with one attached hydrogen (secondary N) is 3. The summed E-state index contributed by atoms with van der Waals surface area (Å²) in [5.74, 6) is 0.374. The minimum Gasteiger partial charge on any atom is -0.347 e. The summed E-state index contributed by atoms with van der Waals surface area (Å²) >= 11 is 1.39. The Kier molecular flexibility index (Phi) is 4.27. The number of nitrogens with zero attached hydrogens (tertiary/aromatic N) is 1. The molecule has 1 aromatic carbocycles. The van der Waals surface area contributed by atoms with Crippen molar-refractivity contribution in [2.75, 3.05) is 11.9 Å². The molecule has 2 heterocycles. The Labute approximate surface area is 150 Å². The van der Waals surface area contributed by atoms with Gasteiger partial charge in [0.1, 0.15) is 0 Å². The fourth-order valence-electron chi connectivity index (χ4n) is 3.68. The monoisotopic (exact) mass is 356 g/mol. The Bertz CT molecular complexity index is 802. The first-order valence-electron chi connectivity index (χ1n) is 8.46. The number of rotatable bonds is 4. The molecule has 6 nitrogen and oxygen atoms in total. The number of benzene rings is 1. The highest BCUT2D eigenvalue weighted by Gasteiger charge is 2.40. The van der Waals surface area contributed by atoms with Gasteiger partial charge in [0.05, 0.1) is 4.88 Å². The fraction of sp³-hybridized carbons (Fsp3) is 0.389. The maximum Gasteiger partial charge on any atom is 0.280 e. The first kappa shape index (κ1) is 16.2. The van der Waals surface area contributed by atoms with Crippen LogP contribution in [0.4, 0.5) is 5.69 Å². The number of carbonyl (C=O) groups excluding carboxylic acids is 2. The molecule has 25 heavy (non-hydrogen) atoms. The second kappa shape index (κ2) is 6.57. The maximum absolute atomic E-state index is 12.5. The smallest absolute Gasteiger partial charge is 0.280 e. The first-order valence-corrected chi connectivity index (χ1v) is 9.28. The lowest BCUT2D eigenvalue weighted by Gasteiger charge is -2.22. The molecule has 1 aliphatic heterocycles. The summed E-state index contributed by atoms with van der Waals surface area (Å²) < 4.78 is 0. The SMILES string of the molecule is CC(=O)Nc1ccc(-c2cnc(C(=O)NC3CC4CC3CN4)s2)cc1. The molecule has 3 N–H and O–H groups in total. The Morgan fingerprint density at radius 3 is 2.68 bits per heavy atom. The Hall–Kier alpha value is -2.25. The predicted molar refractivity (Wildman–Crippen MR) is 97.6 cm³/mol. The van der Waals surface area contributed by atoms with Crippen molar-refractivity contribution in [1.82, 2.24) is 15.6 Å². The van der Waals surface area contributed by atoms with Gasteiger partial charge in [0, 0.05) is 37.4 Å². The molecule has 0 radical (unpaired) electrons. The van der Waals surface area contributed by atoms with Crippen LogP contribution in [0.5, 0.6) is 0 Å². The molecule has 2 bridgehead atoms. The number of amides is 2. The van der Waals surface area contributed by atoms with Crippen molar-refractivity contribution in [3.8, 4) is 10.4 Å². The highest BCUT2D eigenvalue weighted by Crippen LogP contribution is 2.32. The zero-order valence-electron chi connectivity index (χ0n) is 13.9. The van der Waals surface area contributed by atoms with Gasteiger partial charge in [0.15, 0.2) is 5.01 Å². The van der Waals surface area contributed by atoms with E-state index in [-0.39, 0.29) is 17.9 Å². The third-order valence-corrected chi connectivity index (χ3v) is 5.91. The van der Waals surface area contributed by atoms with Gasteiger partial charge in [-0.2, -0.15) is 0 Å². The van der Waals surface area contributed by atoms with Crippen molar-refractivity contribution in [3.63, 3.8) is 0 Å². The van der Waals surface area contributed by atoms with Gasteiger partial charge in [-0.25, -0.2) is 4.98 Å². The van der Waals surface area contributed by atoms with Crippen molar-refractivity contribution < 1.29 is 9.59 Å². The standard InChI is InChI=1S/C18H20N4O2S/c1-10(23)21-13-4-2-11(3-5-13)16-9-20-18(25-16)17(24)22-15-7-14-6-12(15)8-19-14/h2-5,9,12,14-15,19H,6-8H2,1H3,(H,21,23)(H,22,24). The lowest BCUT2D eigenvalue weighted by atomic mass is 10.0. The van der Waals surface area contributed by atoms with Gasteiger partial charge in [-0.1, -0.05) is 12.1 Å². The fourth-order valence-corrected chi connectivity index (χ4v) is 4.50. The molecule has 4 rings (SSSR count). The van der Waals surface area contributed by atoms with Gasteiger partial charge < -0.3 is 16.0 Å². The number of hydrogen-bond donors (Lipinski definition) is 3. The number of carbonyl (C=O) groups is 2. The van der Waals surface area contributed by atoms with Crippen LogP contribution in [0.2, 0.25) is 0 Å². The van der Waals surface area contributed by atoms with E-state index in [1.165, 1.54) is 18.3 Å². The molecule has 3 unspecified atom stereocenters. The maximum atomic E-state index is 12.5. The van der Waals surface area contributed by atoms with Gasteiger partial charge in [0.2, 0.25) is 5.91 Å². The molecular weight excluding hydrogens is 336 g/mol. The minimum absolute atomic E-state index is 0.0799. The average Bonchev–Trinajstić information content (AvgIpc) is 3.31. The molecule has 0 spiro atoms. The highest BCUT2D eigenvalue weighted by molar-refractivity contribution is 7.16. The second-order valence-corrected chi connectivity index (χ2v) is 7.74. The first-order chi connectivity index (χ1) is 12.1. The largest absolute Gasteiger partial charge is 0.347 e. The molecule has 2 aliphatic rings. The van der Waals surface area contributed by atoms with E-state index in [2.05, 4.69) is 20.9 Å². The van der Waals surface area contributed by atoms with Crippen LogP contribution in [0.15, 0.2) is 30.5 Å². The zero-order chi connectivity index (χ0) is 17.4. The molecule has 2 fully saturated rings. The van der Waals surface area contributed by atoms with E-state index in [0.29, 0.717) is 17.0 Å². The number of aromatic nitrogens is 1.